The number of hydrogen-bond acceptors (Lipinski definition) is 5. The Bertz CT molecular complexity index is 452. The number of aryl methyl sites for hydroxylation is 1. The van der Waals surface area contributed by atoms with E-state index in [9.17, 15) is 9.59 Å². The quantitative estimate of drug-likeness (QED) is 0.799. The van der Waals surface area contributed by atoms with Gasteiger partial charge in [0.2, 0.25) is 6.41 Å². The number of nitrogens with zero attached hydrogens (tertiary/aromatic N) is 3. The number of carbonyl (C=O) groups is 2. The highest BCUT2D eigenvalue weighted by molar-refractivity contribution is 7.15. The van der Waals surface area contributed by atoms with Crippen LogP contribution >= 0.6 is 11.3 Å². The van der Waals surface area contributed by atoms with E-state index >= 15 is 0 Å². The molecule has 1 saturated heterocycles. The van der Waals surface area contributed by atoms with E-state index in [0.717, 1.165) is 35.2 Å². The molecule has 0 spiro atoms. The maximum absolute atomic E-state index is 10.7. The fourth-order valence-electron chi connectivity index (χ4n) is 1.87. The molecule has 0 radical (unpaired) electrons. The summed E-state index contributed by atoms with van der Waals surface area (Å²) in [6.45, 7) is 4.71. The van der Waals surface area contributed by atoms with Crippen LogP contribution in [0.3, 0.4) is 0 Å². The van der Waals surface area contributed by atoms with Gasteiger partial charge in [-0.25, -0.2) is 4.98 Å². The van der Waals surface area contributed by atoms with Crippen LogP contribution in [-0.4, -0.2) is 53.5 Å². The molecule has 18 heavy (non-hydrogen) atoms. The fourth-order valence-corrected chi connectivity index (χ4v) is 2.97. The Morgan fingerprint density at radius 3 is 2.67 bits per heavy atom. The first-order valence-corrected chi connectivity index (χ1v) is 6.54. The van der Waals surface area contributed by atoms with Crippen molar-refractivity contribution < 1.29 is 14.7 Å². The molecule has 6 nitrogen and oxygen atoms in total. The minimum atomic E-state index is -0.834. The third-order valence-corrected chi connectivity index (χ3v) is 4.15. The molecule has 0 aromatic carbocycles. The number of aliphatic carboxylic acids is 1. The zero-order valence-electron chi connectivity index (χ0n) is 10.1. The highest BCUT2D eigenvalue weighted by Gasteiger charge is 2.20. The SMILES string of the molecule is Cc1nc(N2CCN(C=O)CC2)sc1CC(=O)O. The van der Waals surface area contributed by atoms with Crippen LogP contribution in [0, 0.1) is 6.92 Å². The van der Waals surface area contributed by atoms with E-state index in [-0.39, 0.29) is 6.42 Å². The van der Waals surface area contributed by atoms with Gasteiger partial charge in [-0.15, -0.1) is 11.3 Å². The molecular formula is C11H15N3O3S. The number of rotatable bonds is 4. The lowest BCUT2D eigenvalue weighted by molar-refractivity contribution is -0.136. The Hall–Kier alpha value is -1.63. The summed E-state index contributed by atoms with van der Waals surface area (Å²) in [5.41, 5.74) is 0.787. The molecule has 1 aliphatic rings. The lowest BCUT2D eigenvalue weighted by Gasteiger charge is -2.32. The first-order chi connectivity index (χ1) is 8.60. The van der Waals surface area contributed by atoms with Gasteiger partial charge in [0.1, 0.15) is 0 Å². The van der Waals surface area contributed by atoms with Crippen molar-refractivity contribution in [2.24, 2.45) is 0 Å². The lowest BCUT2D eigenvalue weighted by atomic mass is 10.3. The molecule has 98 valence electrons. The number of carboxylic acid groups (broad SMARTS) is 1. The smallest absolute Gasteiger partial charge is 0.308 e. The van der Waals surface area contributed by atoms with E-state index in [4.69, 9.17) is 5.11 Å². The minimum absolute atomic E-state index is 0.0256. The summed E-state index contributed by atoms with van der Waals surface area (Å²) in [5, 5.41) is 9.65. The molecule has 2 rings (SSSR count). The van der Waals surface area contributed by atoms with Gasteiger partial charge in [0.25, 0.3) is 0 Å². The molecule has 0 bridgehead atoms. The molecule has 0 saturated carbocycles. The van der Waals surface area contributed by atoms with Crippen LogP contribution in [-0.2, 0) is 16.0 Å². The van der Waals surface area contributed by atoms with E-state index in [1.54, 1.807) is 4.90 Å². The largest absolute Gasteiger partial charge is 0.481 e. The summed E-state index contributed by atoms with van der Waals surface area (Å²) in [5.74, 6) is -0.834. The van der Waals surface area contributed by atoms with Crippen LogP contribution in [0.1, 0.15) is 10.6 Å². The Labute approximate surface area is 109 Å². The van der Waals surface area contributed by atoms with Gasteiger partial charge in [-0.2, -0.15) is 0 Å². The van der Waals surface area contributed by atoms with Gasteiger partial charge in [0.05, 0.1) is 12.1 Å². The van der Waals surface area contributed by atoms with Gasteiger partial charge in [0, 0.05) is 31.1 Å². The van der Waals surface area contributed by atoms with Gasteiger partial charge < -0.3 is 14.9 Å². The van der Waals surface area contributed by atoms with Gasteiger partial charge in [0.15, 0.2) is 5.13 Å². The monoisotopic (exact) mass is 269 g/mol. The summed E-state index contributed by atoms with van der Waals surface area (Å²) in [7, 11) is 0. The van der Waals surface area contributed by atoms with E-state index in [0.29, 0.717) is 13.1 Å². The summed E-state index contributed by atoms with van der Waals surface area (Å²) < 4.78 is 0. The maximum atomic E-state index is 10.7. The summed E-state index contributed by atoms with van der Waals surface area (Å²) in [6, 6.07) is 0. The van der Waals surface area contributed by atoms with E-state index in [1.165, 1.54) is 11.3 Å². The number of amides is 1. The van der Waals surface area contributed by atoms with E-state index < -0.39 is 5.97 Å². The highest BCUT2D eigenvalue weighted by Crippen LogP contribution is 2.27. The first kappa shape index (κ1) is 12.8. The number of thiazole rings is 1. The fraction of sp³-hybridized carbons (Fsp3) is 0.545. The second kappa shape index (κ2) is 5.34. The first-order valence-electron chi connectivity index (χ1n) is 5.72. The predicted molar refractivity (Wildman–Crippen MR) is 68.0 cm³/mol. The molecule has 1 N–H and O–H groups in total. The number of hydrogen-bond donors (Lipinski definition) is 1. The summed E-state index contributed by atoms with van der Waals surface area (Å²) >= 11 is 1.43. The van der Waals surface area contributed by atoms with Crippen molar-refractivity contribution in [3.8, 4) is 0 Å². The molecule has 0 aliphatic carbocycles. The van der Waals surface area contributed by atoms with Crippen molar-refractivity contribution >= 4 is 28.8 Å². The van der Waals surface area contributed by atoms with Crippen LogP contribution in [0.5, 0.6) is 0 Å². The second-order valence-electron chi connectivity index (χ2n) is 4.20. The van der Waals surface area contributed by atoms with Gasteiger partial charge >= 0.3 is 5.97 Å². The van der Waals surface area contributed by atoms with Gasteiger partial charge in [-0.3, -0.25) is 9.59 Å². The summed E-state index contributed by atoms with van der Waals surface area (Å²) in [6.07, 6.45) is 0.887. The highest BCUT2D eigenvalue weighted by atomic mass is 32.1. The minimum Gasteiger partial charge on any atom is -0.481 e. The topological polar surface area (TPSA) is 73.7 Å². The van der Waals surface area contributed by atoms with Crippen LogP contribution in [0.2, 0.25) is 0 Å². The van der Waals surface area contributed by atoms with Crippen molar-refractivity contribution in [2.45, 2.75) is 13.3 Å². The number of carbonyl (C=O) groups excluding carboxylic acids is 1. The zero-order chi connectivity index (χ0) is 13.1. The average molecular weight is 269 g/mol. The molecule has 0 unspecified atom stereocenters. The third kappa shape index (κ3) is 2.79. The normalized spacial score (nSPS) is 15.8. The second-order valence-corrected chi connectivity index (χ2v) is 5.27. The van der Waals surface area contributed by atoms with Crippen molar-refractivity contribution in [3.05, 3.63) is 10.6 Å². The molecule has 1 aliphatic heterocycles. The van der Waals surface area contributed by atoms with E-state index in [1.807, 2.05) is 6.92 Å². The van der Waals surface area contributed by atoms with Crippen LogP contribution in [0.4, 0.5) is 5.13 Å². The average Bonchev–Trinajstić information content (AvgIpc) is 2.70. The number of aromatic nitrogens is 1. The molecule has 7 heteroatoms. The Morgan fingerprint density at radius 1 is 1.44 bits per heavy atom. The Morgan fingerprint density at radius 2 is 2.11 bits per heavy atom. The number of piperazine rings is 1. The lowest BCUT2D eigenvalue weighted by Crippen LogP contribution is -2.45. The number of anilines is 1. The molecule has 1 aromatic heterocycles. The third-order valence-electron chi connectivity index (χ3n) is 2.93. The van der Waals surface area contributed by atoms with Gasteiger partial charge in [-0.1, -0.05) is 0 Å². The van der Waals surface area contributed by atoms with E-state index in [2.05, 4.69) is 9.88 Å². The van der Waals surface area contributed by atoms with Crippen molar-refractivity contribution in [3.63, 3.8) is 0 Å². The number of carboxylic acids is 1. The van der Waals surface area contributed by atoms with Gasteiger partial charge in [-0.05, 0) is 6.92 Å². The molecule has 0 atom stereocenters. The summed E-state index contributed by atoms with van der Waals surface area (Å²) in [4.78, 5) is 30.4. The van der Waals surface area contributed by atoms with Crippen molar-refractivity contribution in [2.75, 3.05) is 31.1 Å². The van der Waals surface area contributed by atoms with Crippen LogP contribution in [0.25, 0.3) is 0 Å². The zero-order valence-corrected chi connectivity index (χ0v) is 10.9. The Kier molecular flexibility index (Phi) is 3.81. The van der Waals surface area contributed by atoms with Crippen LogP contribution in [0.15, 0.2) is 0 Å². The predicted octanol–water partition coefficient (Wildman–Crippen LogP) is 0.357. The Balaban J connectivity index is 2.05. The molecule has 1 amide bonds. The molecule has 2 heterocycles. The van der Waals surface area contributed by atoms with Crippen LogP contribution < -0.4 is 4.90 Å². The standard InChI is InChI=1S/C11H15N3O3S/c1-8-9(6-10(16)17)18-11(12-8)14-4-2-13(7-15)3-5-14/h7H,2-6H2,1H3,(H,16,17). The molecule has 1 fully saturated rings. The van der Waals surface area contributed by atoms with Crippen molar-refractivity contribution in [1.82, 2.24) is 9.88 Å². The molecular weight excluding hydrogens is 254 g/mol. The maximum Gasteiger partial charge on any atom is 0.308 e. The molecule has 1 aromatic rings. The van der Waals surface area contributed by atoms with Crippen molar-refractivity contribution in [1.29, 1.82) is 0 Å².